The van der Waals surface area contributed by atoms with Gasteiger partial charge in [0.1, 0.15) is 0 Å². The van der Waals surface area contributed by atoms with Crippen LogP contribution in [0.4, 0.5) is 11.4 Å². The second-order valence-corrected chi connectivity index (χ2v) is 26.9. The smallest absolute Gasteiger partial charge is 0.335 e. The SMILES string of the molecule is CCc1nc2c(cnn2CC)c(NC2CCOCC2)c1CN.CCc1nc2c(cnn2CC)c(NC2CCOCC2)c1CNC(=O)c1cccc(S(=O)(=O)N(C)Cc2cccc(Br)c2)c1.CN(Cc1cccc(Br)c1)S(=O)(=O)c1cccc(C(=O)O)c1. The molecule has 0 saturated carbocycles. The lowest BCUT2D eigenvalue weighted by molar-refractivity contribution is 0.0696. The summed E-state index contributed by atoms with van der Waals surface area (Å²) in [7, 11) is -4.59. The van der Waals surface area contributed by atoms with Crippen molar-refractivity contribution in [3.63, 3.8) is 0 Å². The molecular formula is C62H76Br2N12O9S2. The number of carboxylic acids is 1. The Balaban J connectivity index is 0.000000187. The number of aromatic carboxylic acids is 1. The summed E-state index contributed by atoms with van der Waals surface area (Å²) < 4.78 is 70.9. The van der Waals surface area contributed by atoms with Crippen molar-refractivity contribution in [1.29, 1.82) is 0 Å². The first kappa shape index (κ1) is 66.3. The Morgan fingerprint density at radius 2 is 1.06 bits per heavy atom. The van der Waals surface area contributed by atoms with Crippen LogP contribution in [-0.2, 0) is 81.6 Å². The van der Waals surface area contributed by atoms with Crippen molar-refractivity contribution >= 4 is 97.2 Å². The zero-order valence-corrected chi connectivity index (χ0v) is 54.6. The van der Waals surface area contributed by atoms with Gasteiger partial charge >= 0.3 is 5.97 Å². The van der Waals surface area contributed by atoms with Crippen LogP contribution in [0.25, 0.3) is 22.1 Å². The molecule has 1 amide bonds. The molecule has 0 spiro atoms. The number of carbonyl (C=O) groups is 2. The molecule has 0 aliphatic carbocycles. The molecule has 4 aromatic heterocycles. The van der Waals surface area contributed by atoms with Gasteiger partial charge < -0.3 is 36.3 Å². The predicted octanol–water partition coefficient (Wildman–Crippen LogP) is 10.1. The molecule has 464 valence electrons. The molecule has 25 heteroatoms. The molecule has 0 bridgehead atoms. The number of nitrogens with one attached hydrogen (secondary N) is 3. The minimum absolute atomic E-state index is 0.0371. The van der Waals surface area contributed by atoms with Gasteiger partial charge in [-0.3, -0.25) is 4.79 Å². The van der Waals surface area contributed by atoms with Crippen LogP contribution in [0.3, 0.4) is 0 Å². The number of fused-ring (bicyclic) bond motifs is 2. The van der Waals surface area contributed by atoms with Crippen molar-refractivity contribution in [2.75, 3.05) is 51.2 Å². The van der Waals surface area contributed by atoms with E-state index in [0.29, 0.717) is 38.8 Å². The molecule has 6 N–H and O–H groups in total. The highest BCUT2D eigenvalue weighted by molar-refractivity contribution is 9.10. The number of halogens is 2. The van der Waals surface area contributed by atoms with Crippen LogP contribution in [0.15, 0.2) is 128 Å². The largest absolute Gasteiger partial charge is 0.478 e. The number of rotatable bonds is 21. The molecule has 4 aromatic carbocycles. The van der Waals surface area contributed by atoms with Gasteiger partial charge in [0.2, 0.25) is 20.0 Å². The lowest BCUT2D eigenvalue weighted by Crippen LogP contribution is -2.30. The monoisotopic (exact) mass is 1350 g/mol. The van der Waals surface area contributed by atoms with Crippen LogP contribution >= 0.6 is 31.9 Å². The van der Waals surface area contributed by atoms with Crippen molar-refractivity contribution in [2.24, 2.45) is 5.73 Å². The van der Waals surface area contributed by atoms with Crippen LogP contribution < -0.4 is 21.7 Å². The molecule has 21 nitrogen and oxygen atoms in total. The van der Waals surface area contributed by atoms with Crippen molar-refractivity contribution in [3.05, 3.63) is 163 Å². The van der Waals surface area contributed by atoms with E-state index in [0.717, 1.165) is 134 Å². The first-order chi connectivity index (χ1) is 41.8. The fourth-order valence-corrected chi connectivity index (χ4v) is 13.7. The highest BCUT2D eigenvalue weighted by Gasteiger charge is 2.27. The highest BCUT2D eigenvalue weighted by Crippen LogP contribution is 2.33. The van der Waals surface area contributed by atoms with Gasteiger partial charge in [-0.1, -0.05) is 82.1 Å². The molecular weight excluding hydrogens is 1280 g/mol. The third-order valence-electron chi connectivity index (χ3n) is 15.2. The summed E-state index contributed by atoms with van der Waals surface area (Å²) in [5.74, 6) is -1.53. The summed E-state index contributed by atoms with van der Waals surface area (Å²) in [5, 5.41) is 30.4. The number of hydrogen-bond donors (Lipinski definition) is 5. The molecule has 0 atom stereocenters. The molecule has 2 saturated heterocycles. The first-order valence-corrected chi connectivity index (χ1v) is 33.5. The fourth-order valence-electron chi connectivity index (χ4n) is 10.4. The van der Waals surface area contributed by atoms with E-state index in [4.69, 9.17) is 30.3 Å². The Morgan fingerprint density at radius 1 is 0.632 bits per heavy atom. The van der Waals surface area contributed by atoms with Crippen molar-refractivity contribution < 1.29 is 41.0 Å². The first-order valence-electron chi connectivity index (χ1n) is 29.1. The van der Waals surface area contributed by atoms with Gasteiger partial charge in [-0.05, 0) is 124 Å². The minimum Gasteiger partial charge on any atom is -0.478 e. The summed E-state index contributed by atoms with van der Waals surface area (Å²) in [5.41, 5.74) is 15.7. The quantitative estimate of drug-likeness (QED) is 0.0448. The second kappa shape index (κ2) is 30.5. The maximum Gasteiger partial charge on any atom is 0.335 e. The van der Waals surface area contributed by atoms with E-state index in [-0.39, 0.29) is 52.5 Å². The number of carbonyl (C=O) groups excluding carboxylic acids is 1. The molecule has 6 heterocycles. The van der Waals surface area contributed by atoms with Crippen molar-refractivity contribution in [2.45, 2.75) is 127 Å². The number of hydrogen-bond acceptors (Lipinski definition) is 15. The summed E-state index contributed by atoms with van der Waals surface area (Å²) in [6.07, 6.45) is 9.11. The van der Waals surface area contributed by atoms with Crippen molar-refractivity contribution in [3.8, 4) is 0 Å². The Hall–Kier alpha value is -6.68. The van der Waals surface area contributed by atoms with E-state index in [1.807, 2.05) is 84.1 Å². The van der Waals surface area contributed by atoms with Gasteiger partial charge in [0, 0.05) is 129 Å². The zero-order valence-electron chi connectivity index (χ0n) is 49.8. The molecule has 0 radical (unpaired) electrons. The van der Waals surface area contributed by atoms with Gasteiger partial charge in [0.05, 0.1) is 49.9 Å². The van der Waals surface area contributed by atoms with E-state index in [2.05, 4.69) is 71.9 Å². The molecule has 2 aliphatic rings. The Labute approximate surface area is 525 Å². The lowest BCUT2D eigenvalue weighted by atomic mass is 10.0. The number of anilines is 2. The summed E-state index contributed by atoms with van der Waals surface area (Å²) in [4.78, 5) is 34.1. The van der Waals surface area contributed by atoms with E-state index >= 15 is 0 Å². The number of sulfonamides is 2. The lowest BCUT2D eigenvalue weighted by Gasteiger charge is -2.26. The number of nitrogens with zero attached hydrogens (tertiary/aromatic N) is 8. The second-order valence-electron chi connectivity index (χ2n) is 21.0. The maximum atomic E-state index is 13.4. The topological polar surface area (TPSA) is 271 Å². The number of aromatic nitrogens is 6. The molecule has 0 unspecified atom stereocenters. The Kier molecular flexibility index (Phi) is 23.2. The van der Waals surface area contributed by atoms with Crippen LogP contribution in [0.5, 0.6) is 0 Å². The maximum absolute atomic E-state index is 13.4. The third-order valence-corrected chi connectivity index (χ3v) is 19.7. The molecule has 10 rings (SSSR count). The zero-order chi connectivity index (χ0) is 62.4. The number of amides is 1. The van der Waals surface area contributed by atoms with E-state index in [1.165, 1.54) is 53.0 Å². The van der Waals surface area contributed by atoms with E-state index < -0.39 is 26.0 Å². The standard InChI is InChI=1S/C31H37BrN6O4S.C16H25N5O.C15H14BrNO4S/c1-4-28-26(29(35-24-12-14-42-15-13-24)27-19-34-38(5-2)30(27)36-28)18-33-31(39)22-9-7-11-25(17-22)43(40,41)37(3)20-21-8-6-10-23(32)16-21;1-3-14-12(9-17)15(19-11-5-7-22-8-6-11)13-10-18-21(4-2)16(13)20-14;1-17(10-11-4-2-6-13(16)8-11)22(20,21)14-7-3-5-12(9-14)15(18)19/h6-11,16-17,19,24H,4-5,12-15,18,20H2,1-3H3,(H,33,39)(H,35,36);10-11H,3-9,17H2,1-2H3,(H,19,20);2-9H,10H2,1H3,(H,18,19). The number of ether oxygens (including phenoxy) is 2. The van der Waals surface area contributed by atoms with Crippen LogP contribution in [-0.4, -0.2) is 125 Å². The highest BCUT2D eigenvalue weighted by atomic mass is 79.9. The number of pyridine rings is 2. The molecule has 8 aromatic rings. The van der Waals surface area contributed by atoms with Gasteiger partial charge in [-0.2, -0.15) is 18.8 Å². The summed E-state index contributed by atoms with van der Waals surface area (Å²) in [6.45, 7) is 14.0. The molecule has 2 fully saturated rings. The predicted molar refractivity (Wildman–Crippen MR) is 345 cm³/mol. The van der Waals surface area contributed by atoms with Gasteiger partial charge in [0.15, 0.2) is 11.3 Å². The van der Waals surface area contributed by atoms with Crippen LogP contribution in [0, 0.1) is 0 Å². The van der Waals surface area contributed by atoms with Gasteiger partial charge in [-0.15, -0.1) is 0 Å². The number of carboxylic acid groups (broad SMARTS) is 1. The van der Waals surface area contributed by atoms with Crippen LogP contribution in [0.1, 0.15) is 108 Å². The third kappa shape index (κ3) is 16.3. The number of benzene rings is 4. The Morgan fingerprint density at radius 3 is 1.48 bits per heavy atom. The Bertz CT molecular complexity index is 3930. The number of nitrogens with two attached hydrogens (primary N) is 1. The summed E-state index contributed by atoms with van der Waals surface area (Å²) >= 11 is 6.77. The van der Waals surface area contributed by atoms with Gasteiger partial charge in [0.25, 0.3) is 5.91 Å². The van der Waals surface area contributed by atoms with E-state index in [9.17, 15) is 26.4 Å². The average molecular weight is 1360 g/mol. The van der Waals surface area contributed by atoms with Gasteiger partial charge in [-0.25, -0.2) is 41.0 Å². The molecule has 2 aliphatic heterocycles. The summed E-state index contributed by atoms with van der Waals surface area (Å²) in [6, 6.07) is 27.0. The average Bonchev–Trinajstić information content (AvgIpc) is 2.21. The molecule has 87 heavy (non-hydrogen) atoms. The van der Waals surface area contributed by atoms with Crippen LogP contribution in [0.2, 0.25) is 0 Å². The number of aryl methyl sites for hydroxylation is 4. The normalized spacial score (nSPS) is 14.1. The minimum atomic E-state index is -3.83. The van der Waals surface area contributed by atoms with Crippen molar-refractivity contribution in [1.82, 2.24) is 43.5 Å². The fraction of sp³-hybridized carbons (Fsp3) is 0.387. The van der Waals surface area contributed by atoms with E-state index in [1.54, 1.807) is 12.1 Å².